The Kier molecular flexibility index (Phi) is 2.51. The Hall–Kier alpha value is -2.08. The summed E-state index contributed by atoms with van der Waals surface area (Å²) in [5.74, 6) is 0. The van der Waals surface area contributed by atoms with Crippen molar-refractivity contribution in [2.45, 2.75) is 19.3 Å². The normalized spacial score (nSPS) is 18.9. The fraction of sp³-hybridized carbons (Fsp3) is 0.286. The summed E-state index contributed by atoms with van der Waals surface area (Å²) < 4.78 is 0. The first-order valence-electron chi connectivity index (χ1n) is 5.46. The first-order chi connectivity index (χ1) is 8.02. The van der Waals surface area contributed by atoms with Gasteiger partial charge in [-0.05, 0) is 29.8 Å². The minimum atomic E-state index is -0.238. The van der Waals surface area contributed by atoms with Crippen molar-refractivity contribution in [1.29, 1.82) is 5.26 Å². The number of rotatable bonds is 1. The van der Waals surface area contributed by atoms with Crippen molar-refractivity contribution >= 4 is 12.0 Å². The molecule has 1 aromatic carbocycles. The second-order valence-corrected chi connectivity index (χ2v) is 4.72. The van der Waals surface area contributed by atoms with Crippen molar-refractivity contribution in [3.63, 3.8) is 0 Å². The van der Waals surface area contributed by atoms with Crippen LogP contribution in [0.5, 0.6) is 0 Å². The van der Waals surface area contributed by atoms with Gasteiger partial charge < -0.3 is 4.90 Å². The molecule has 0 atom stereocenters. The molecular formula is C14H14N2O. The molecule has 3 heteroatoms. The minimum absolute atomic E-state index is 0.238. The molecule has 0 aliphatic carbocycles. The Balaban J connectivity index is 2.67. The van der Waals surface area contributed by atoms with Gasteiger partial charge >= 0.3 is 0 Å². The minimum Gasteiger partial charge on any atom is -0.347 e. The maximum absolute atomic E-state index is 10.7. The largest absolute Gasteiger partial charge is 0.347 e. The molecule has 1 aliphatic rings. The van der Waals surface area contributed by atoms with Gasteiger partial charge in [-0.25, -0.2) is 0 Å². The van der Waals surface area contributed by atoms with Crippen LogP contribution in [-0.4, -0.2) is 13.3 Å². The molecule has 0 unspecified atom stereocenters. The second-order valence-electron chi connectivity index (χ2n) is 4.72. The molecule has 0 saturated carbocycles. The van der Waals surface area contributed by atoms with Gasteiger partial charge in [0.05, 0.1) is 11.6 Å². The van der Waals surface area contributed by atoms with Gasteiger partial charge in [0.25, 0.3) is 0 Å². The molecule has 0 bridgehead atoms. The molecule has 0 radical (unpaired) electrons. The lowest BCUT2D eigenvalue weighted by atomic mass is 9.83. The molecule has 17 heavy (non-hydrogen) atoms. The summed E-state index contributed by atoms with van der Waals surface area (Å²) in [6, 6.07) is 7.78. The van der Waals surface area contributed by atoms with E-state index in [-0.39, 0.29) is 5.41 Å². The summed E-state index contributed by atoms with van der Waals surface area (Å²) in [7, 11) is 1.94. The van der Waals surface area contributed by atoms with Crippen molar-refractivity contribution in [3.8, 4) is 6.07 Å². The van der Waals surface area contributed by atoms with E-state index in [1.165, 1.54) is 0 Å². The average Bonchev–Trinajstić information content (AvgIpc) is 2.51. The van der Waals surface area contributed by atoms with Gasteiger partial charge in [0.15, 0.2) is 0 Å². The number of allylic oxidation sites excluding steroid dienone is 2. The molecule has 0 fully saturated rings. The van der Waals surface area contributed by atoms with E-state index in [0.717, 1.165) is 23.2 Å². The number of hydrogen-bond donors (Lipinski definition) is 0. The van der Waals surface area contributed by atoms with E-state index >= 15 is 0 Å². The predicted octanol–water partition coefficient (Wildman–Crippen LogP) is 2.37. The van der Waals surface area contributed by atoms with Crippen LogP contribution in [0.1, 0.15) is 25.0 Å². The highest BCUT2D eigenvalue weighted by Gasteiger charge is 2.38. The number of nitriles is 1. The third kappa shape index (κ3) is 1.53. The van der Waals surface area contributed by atoms with Crippen LogP contribution < -0.4 is 4.90 Å². The van der Waals surface area contributed by atoms with E-state index in [0.29, 0.717) is 5.56 Å². The van der Waals surface area contributed by atoms with Crippen molar-refractivity contribution in [2.75, 3.05) is 11.9 Å². The van der Waals surface area contributed by atoms with Gasteiger partial charge in [-0.2, -0.15) is 5.26 Å². The maximum atomic E-state index is 10.7. The molecule has 3 nitrogen and oxygen atoms in total. The molecule has 0 amide bonds. The Morgan fingerprint density at radius 1 is 1.41 bits per heavy atom. The number of carbonyl (C=O) groups excluding carboxylic acids is 1. The van der Waals surface area contributed by atoms with Crippen molar-refractivity contribution in [2.24, 2.45) is 0 Å². The number of anilines is 1. The molecule has 1 aliphatic heterocycles. The number of likely N-dealkylation sites (N-methyl/N-ethyl adjacent to an activating group) is 1. The third-order valence-electron chi connectivity index (χ3n) is 3.39. The van der Waals surface area contributed by atoms with Crippen LogP contribution in [-0.2, 0) is 10.2 Å². The molecule has 86 valence electrons. The third-order valence-corrected chi connectivity index (χ3v) is 3.39. The molecule has 0 aromatic heterocycles. The number of fused-ring (bicyclic) bond motifs is 1. The number of hydrogen-bond acceptors (Lipinski definition) is 3. The topological polar surface area (TPSA) is 44.1 Å². The Labute approximate surface area is 101 Å². The van der Waals surface area contributed by atoms with Crippen molar-refractivity contribution in [1.82, 2.24) is 0 Å². The zero-order chi connectivity index (χ0) is 12.6. The summed E-state index contributed by atoms with van der Waals surface area (Å²) in [5, 5.41) is 8.94. The van der Waals surface area contributed by atoms with E-state index in [1.807, 2.05) is 24.1 Å². The molecule has 0 spiro atoms. The lowest BCUT2D eigenvalue weighted by Crippen LogP contribution is -2.23. The number of carbonyl (C=O) groups is 1. The monoisotopic (exact) mass is 226 g/mol. The van der Waals surface area contributed by atoms with E-state index in [2.05, 4.69) is 19.9 Å². The standard InChI is InChI=1S/C14H14N2O/c1-14(2)11-8-10(9-15)4-5-12(11)16(3)13(14)6-7-17/h4-8H,1-3H3. The van der Waals surface area contributed by atoms with E-state index < -0.39 is 0 Å². The molecule has 0 saturated heterocycles. The summed E-state index contributed by atoms with van der Waals surface area (Å²) in [6.45, 7) is 4.12. The van der Waals surface area contributed by atoms with Crippen LogP contribution in [0, 0.1) is 11.3 Å². The number of nitrogens with zero attached hydrogens (tertiary/aromatic N) is 2. The molecule has 0 N–H and O–H groups in total. The molecule has 1 heterocycles. The molecule has 2 rings (SSSR count). The zero-order valence-electron chi connectivity index (χ0n) is 10.2. The van der Waals surface area contributed by atoms with E-state index in [9.17, 15) is 4.79 Å². The van der Waals surface area contributed by atoms with Gasteiger partial charge in [0, 0.05) is 23.8 Å². The highest BCUT2D eigenvalue weighted by atomic mass is 16.1. The molecule has 1 aromatic rings. The maximum Gasteiger partial charge on any atom is 0.144 e. The van der Waals surface area contributed by atoms with Crippen molar-refractivity contribution in [3.05, 3.63) is 41.1 Å². The first kappa shape index (κ1) is 11.4. The fourth-order valence-corrected chi connectivity index (χ4v) is 2.47. The SMILES string of the molecule is CN1C(=CC=O)C(C)(C)c2cc(C#N)ccc21. The average molecular weight is 226 g/mol. The highest BCUT2D eigenvalue weighted by Crippen LogP contribution is 2.46. The summed E-state index contributed by atoms with van der Waals surface area (Å²) in [5.41, 5.74) is 3.52. The van der Waals surface area contributed by atoms with Crippen LogP contribution in [0.2, 0.25) is 0 Å². The quantitative estimate of drug-likeness (QED) is 0.545. The summed E-state index contributed by atoms with van der Waals surface area (Å²) in [6.07, 6.45) is 2.40. The first-order valence-corrected chi connectivity index (χ1v) is 5.46. The highest BCUT2D eigenvalue weighted by molar-refractivity contribution is 5.77. The van der Waals surface area contributed by atoms with Gasteiger partial charge in [-0.1, -0.05) is 13.8 Å². The van der Waals surface area contributed by atoms with E-state index in [1.54, 1.807) is 12.1 Å². The van der Waals surface area contributed by atoms with Crippen molar-refractivity contribution < 1.29 is 4.79 Å². The van der Waals surface area contributed by atoms with Crippen LogP contribution in [0.15, 0.2) is 30.0 Å². The van der Waals surface area contributed by atoms with Crippen LogP contribution >= 0.6 is 0 Å². The Morgan fingerprint density at radius 2 is 2.12 bits per heavy atom. The number of aldehydes is 1. The lowest BCUT2D eigenvalue weighted by Gasteiger charge is -2.23. The lowest BCUT2D eigenvalue weighted by molar-refractivity contribution is -0.104. The van der Waals surface area contributed by atoms with Crippen LogP contribution in [0.25, 0.3) is 0 Å². The van der Waals surface area contributed by atoms with Crippen LogP contribution in [0.4, 0.5) is 5.69 Å². The van der Waals surface area contributed by atoms with Crippen LogP contribution in [0.3, 0.4) is 0 Å². The van der Waals surface area contributed by atoms with Gasteiger partial charge in [0.1, 0.15) is 6.29 Å². The number of benzene rings is 1. The van der Waals surface area contributed by atoms with Gasteiger partial charge in [-0.3, -0.25) is 4.79 Å². The van der Waals surface area contributed by atoms with Gasteiger partial charge in [-0.15, -0.1) is 0 Å². The summed E-state index contributed by atoms with van der Waals surface area (Å²) >= 11 is 0. The fourth-order valence-electron chi connectivity index (χ4n) is 2.47. The van der Waals surface area contributed by atoms with Gasteiger partial charge in [0.2, 0.25) is 0 Å². The Morgan fingerprint density at radius 3 is 2.71 bits per heavy atom. The zero-order valence-corrected chi connectivity index (χ0v) is 10.2. The second kappa shape index (κ2) is 3.74. The van der Waals surface area contributed by atoms with E-state index in [4.69, 9.17) is 5.26 Å². The molecular weight excluding hydrogens is 212 g/mol. The smallest absolute Gasteiger partial charge is 0.144 e. The predicted molar refractivity (Wildman–Crippen MR) is 66.7 cm³/mol. The summed E-state index contributed by atoms with van der Waals surface area (Å²) in [4.78, 5) is 12.7. The Bertz CT molecular complexity index is 550.